The molecule has 8 nitrogen and oxygen atoms in total. The van der Waals surface area contributed by atoms with Gasteiger partial charge in [0.25, 0.3) is 11.6 Å². The van der Waals surface area contributed by atoms with Crippen LogP contribution in [-0.4, -0.2) is 43.5 Å². The number of furan rings is 1. The number of carbonyl (C=O) groups excluding carboxylic acids is 1. The number of methoxy groups -OCH3 is 1. The van der Waals surface area contributed by atoms with Gasteiger partial charge in [0.1, 0.15) is 11.5 Å². The Balaban J connectivity index is 2.17. The molecular weight excluding hydrogens is 314 g/mol. The number of hydrogen-bond acceptors (Lipinski definition) is 6. The first-order chi connectivity index (χ1) is 11.4. The SMILES string of the molecule is COc1ccc([N+](=O)[O-])cc1C(=O)NCC(c1ccco1)N(C)C. The second-order valence-electron chi connectivity index (χ2n) is 5.35. The van der Waals surface area contributed by atoms with Crippen LogP contribution < -0.4 is 10.1 Å². The Morgan fingerprint density at radius 3 is 2.71 bits per heavy atom. The lowest BCUT2D eigenvalue weighted by molar-refractivity contribution is -0.384. The lowest BCUT2D eigenvalue weighted by Gasteiger charge is -2.22. The molecule has 8 heteroatoms. The summed E-state index contributed by atoms with van der Waals surface area (Å²) in [5.74, 6) is 0.540. The highest BCUT2D eigenvalue weighted by Crippen LogP contribution is 2.24. The van der Waals surface area contributed by atoms with Crippen molar-refractivity contribution in [3.8, 4) is 5.75 Å². The number of nitrogens with zero attached hydrogens (tertiary/aromatic N) is 2. The molecule has 2 rings (SSSR count). The molecule has 128 valence electrons. The van der Waals surface area contributed by atoms with Crippen LogP contribution in [0.15, 0.2) is 41.0 Å². The van der Waals surface area contributed by atoms with E-state index in [1.165, 1.54) is 25.3 Å². The summed E-state index contributed by atoms with van der Waals surface area (Å²) < 4.78 is 10.5. The lowest BCUT2D eigenvalue weighted by Crippen LogP contribution is -2.34. The number of nitro groups is 1. The Kier molecular flexibility index (Phi) is 5.54. The average molecular weight is 333 g/mol. The van der Waals surface area contributed by atoms with Gasteiger partial charge in [-0.3, -0.25) is 19.8 Å². The molecule has 0 radical (unpaired) electrons. The van der Waals surface area contributed by atoms with Crippen molar-refractivity contribution in [1.82, 2.24) is 10.2 Å². The molecule has 0 spiro atoms. The molecule has 1 amide bonds. The Hall–Kier alpha value is -2.87. The first-order valence-corrected chi connectivity index (χ1v) is 7.24. The van der Waals surface area contributed by atoms with Crippen molar-refractivity contribution in [1.29, 1.82) is 0 Å². The molecule has 1 atom stereocenters. The van der Waals surface area contributed by atoms with Gasteiger partial charge < -0.3 is 14.5 Å². The zero-order chi connectivity index (χ0) is 17.7. The number of nitro benzene ring substituents is 1. The first kappa shape index (κ1) is 17.5. The normalized spacial score (nSPS) is 12.0. The maximum Gasteiger partial charge on any atom is 0.270 e. The molecule has 0 aliphatic carbocycles. The van der Waals surface area contributed by atoms with Crippen LogP contribution in [0.4, 0.5) is 5.69 Å². The topological polar surface area (TPSA) is 97.8 Å². The van der Waals surface area contributed by atoms with E-state index in [4.69, 9.17) is 9.15 Å². The molecule has 0 saturated heterocycles. The smallest absolute Gasteiger partial charge is 0.270 e. The number of hydrogen-bond donors (Lipinski definition) is 1. The maximum atomic E-state index is 12.4. The number of ether oxygens (including phenoxy) is 1. The molecular formula is C16H19N3O5. The van der Waals surface area contributed by atoms with Crippen LogP contribution in [0.2, 0.25) is 0 Å². The summed E-state index contributed by atoms with van der Waals surface area (Å²) in [6.07, 6.45) is 1.57. The van der Waals surface area contributed by atoms with E-state index in [1.807, 2.05) is 25.1 Å². The van der Waals surface area contributed by atoms with Gasteiger partial charge in [-0.25, -0.2) is 0 Å². The third-order valence-electron chi connectivity index (χ3n) is 3.59. The van der Waals surface area contributed by atoms with E-state index in [-0.39, 0.29) is 29.6 Å². The monoisotopic (exact) mass is 333 g/mol. The number of benzene rings is 1. The number of carbonyl (C=O) groups is 1. The molecule has 0 aliphatic rings. The Bertz CT molecular complexity index is 713. The molecule has 1 aromatic heterocycles. The van der Waals surface area contributed by atoms with Gasteiger partial charge >= 0.3 is 0 Å². The van der Waals surface area contributed by atoms with Crippen LogP contribution in [0.1, 0.15) is 22.2 Å². The third-order valence-corrected chi connectivity index (χ3v) is 3.59. The van der Waals surface area contributed by atoms with Gasteiger partial charge in [-0.1, -0.05) is 0 Å². The fraction of sp³-hybridized carbons (Fsp3) is 0.312. The van der Waals surface area contributed by atoms with E-state index in [0.29, 0.717) is 5.76 Å². The lowest BCUT2D eigenvalue weighted by atomic mass is 10.1. The summed E-state index contributed by atoms with van der Waals surface area (Å²) in [5, 5.41) is 13.7. The minimum atomic E-state index is -0.554. The highest BCUT2D eigenvalue weighted by molar-refractivity contribution is 5.97. The Labute approximate surface area is 139 Å². The van der Waals surface area contributed by atoms with Crippen molar-refractivity contribution in [2.24, 2.45) is 0 Å². The molecule has 24 heavy (non-hydrogen) atoms. The zero-order valence-corrected chi connectivity index (χ0v) is 13.7. The summed E-state index contributed by atoms with van der Waals surface area (Å²) in [6, 6.07) is 7.34. The van der Waals surface area contributed by atoms with Gasteiger partial charge in [0.2, 0.25) is 0 Å². The van der Waals surface area contributed by atoms with E-state index in [9.17, 15) is 14.9 Å². The second kappa shape index (κ2) is 7.60. The molecule has 0 aliphatic heterocycles. The van der Waals surface area contributed by atoms with E-state index < -0.39 is 10.8 Å². The maximum absolute atomic E-state index is 12.4. The highest BCUT2D eigenvalue weighted by atomic mass is 16.6. The number of nitrogens with one attached hydrogen (secondary N) is 1. The van der Waals surface area contributed by atoms with Crippen LogP contribution in [0.25, 0.3) is 0 Å². The van der Waals surface area contributed by atoms with Gasteiger partial charge in [0, 0.05) is 18.7 Å². The molecule has 0 bridgehead atoms. The van der Waals surface area contributed by atoms with E-state index >= 15 is 0 Å². The van der Waals surface area contributed by atoms with Crippen LogP contribution >= 0.6 is 0 Å². The largest absolute Gasteiger partial charge is 0.496 e. The van der Waals surface area contributed by atoms with Crippen molar-refractivity contribution < 1.29 is 18.9 Å². The third kappa shape index (κ3) is 3.90. The Morgan fingerprint density at radius 1 is 1.42 bits per heavy atom. The second-order valence-corrected chi connectivity index (χ2v) is 5.35. The molecule has 1 N–H and O–H groups in total. The van der Waals surface area contributed by atoms with Gasteiger partial charge in [0.15, 0.2) is 0 Å². The van der Waals surface area contributed by atoms with E-state index in [0.717, 1.165) is 0 Å². The minimum Gasteiger partial charge on any atom is -0.496 e. The summed E-state index contributed by atoms with van der Waals surface area (Å²) in [6.45, 7) is 0.283. The number of likely N-dealkylation sites (N-methyl/N-ethyl adjacent to an activating group) is 1. The molecule has 2 aromatic rings. The Morgan fingerprint density at radius 2 is 2.17 bits per heavy atom. The van der Waals surface area contributed by atoms with Gasteiger partial charge in [-0.15, -0.1) is 0 Å². The van der Waals surface area contributed by atoms with Crippen molar-refractivity contribution in [2.75, 3.05) is 27.7 Å². The van der Waals surface area contributed by atoms with Crippen LogP contribution in [0.3, 0.4) is 0 Å². The summed E-state index contributed by atoms with van der Waals surface area (Å²) >= 11 is 0. The van der Waals surface area contributed by atoms with Gasteiger partial charge in [0.05, 0.1) is 29.9 Å². The quantitative estimate of drug-likeness (QED) is 0.616. The van der Waals surface area contributed by atoms with Crippen molar-refractivity contribution in [3.63, 3.8) is 0 Å². The number of amides is 1. The average Bonchev–Trinajstić information content (AvgIpc) is 3.08. The summed E-state index contributed by atoms with van der Waals surface area (Å²) in [4.78, 5) is 24.7. The van der Waals surface area contributed by atoms with Crippen LogP contribution in [0, 0.1) is 10.1 Å². The fourth-order valence-electron chi connectivity index (χ4n) is 2.29. The van der Waals surface area contributed by atoms with E-state index in [2.05, 4.69) is 5.32 Å². The molecule has 1 aromatic carbocycles. The predicted molar refractivity (Wildman–Crippen MR) is 87.1 cm³/mol. The summed E-state index contributed by atoms with van der Waals surface area (Å²) in [5.41, 5.74) is -0.0557. The summed E-state index contributed by atoms with van der Waals surface area (Å²) in [7, 11) is 5.14. The standard InChI is InChI=1S/C16H19N3O5/c1-18(2)13(15-5-4-8-24-15)10-17-16(20)12-9-11(19(21)22)6-7-14(12)23-3/h4-9,13H,10H2,1-3H3,(H,17,20). The van der Waals surface area contributed by atoms with Crippen LogP contribution in [-0.2, 0) is 0 Å². The van der Waals surface area contributed by atoms with Crippen molar-refractivity contribution >= 4 is 11.6 Å². The van der Waals surface area contributed by atoms with E-state index in [1.54, 1.807) is 12.3 Å². The first-order valence-electron chi connectivity index (χ1n) is 7.24. The minimum absolute atomic E-state index is 0.114. The molecule has 0 saturated carbocycles. The highest BCUT2D eigenvalue weighted by Gasteiger charge is 2.21. The van der Waals surface area contributed by atoms with Crippen LogP contribution in [0.5, 0.6) is 5.75 Å². The predicted octanol–water partition coefficient (Wildman–Crippen LogP) is 2.23. The van der Waals surface area contributed by atoms with Crippen molar-refractivity contribution in [2.45, 2.75) is 6.04 Å². The fourth-order valence-corrected chi connectivity index (χ4v) is 2.29. The molecule has 1 heterocycles. The number of rotatable bonds is 7. The molecule has 0 fully saturated rings. The zero-order valence-electron chi connectivity index (χ0n) is 13.7. The molecule has 1 unspecified atom stereocenters. The van der Waals surface area contributed by atoms with Crippen molar-refractivity contribution in [3.05, 3.63) is 58.0 Å². The van der Waals surface area contributed by atoms with Gasteiger partial charge in [-0.2, -0.15) is 0 Å². The van der Waals surface area contributed by atoms with Gasteiger partial charge in [-0.05, 0) is 32.3 Å². The number of non-ortho nitro benzene ring substituents is 1.